The van der Waals surface area contributed by atoms with Gasteiger partial charge < -0.3 is 10.0 Å². The summed E-state index contributed by atoms with van der Waals surface area (Å²) >= 11 is 0. The predicted molar refractivity (Wildman–Crippen MR) is 77.7 cm³/mol. The molecule has 1 N–H and O–H groups in total. The Morgan fingerprint density at radius 3 is 2.68 bits per heavy atom. The lowest BCUT2D eigenvalue weighted by atomic mass is 10.0. The molecule has 0 radical (unpaired) electrons. The Kier molecular flexibility index (Phi) is 3.86. The highest BCUT2D eigenvalue weighted by Gasteiger charge is 2.34. The van der Waals surface area contributed by atoms with E-state index >= 15 is 0 Å². The third kappa shape index (κ3) is 2.69. The lowest BCUT2D eigenvalue weighted by molar-refractivity contribution is -0.143. The van der Waals surface area contributed by atoms with Gasteiger partial charge in [0.2, 0.25) is 5.82 Å². The number of benzene rings is 1. The summed E-state index contributed by atoms with van der Waals surface area (Å²) in [5.74, 6) is -1.38. The van der Waals surface area contributed by atoms with Gasteiger partial charge in [-0.1, -0.05) is 18.2 Å². The summed E-state index contributed by atoms with van der Waals surface area (Å²) in [5, 5.41) is 13.4. The number of nitrogens with zero attached hydrogens (tertiary/aromatic N) is 4. The lowest BCUT2D eigenvalue weighted by Gasteiger charge is -2.31. The van der Waals surface area contributed by atoms with Crippen LogP contribution in [0.4, 0.5) is 0 Å². The van der Waals surface area contributed by atoms with E-state index in [-0.39, 0.29) is 5.82 Å². The summed E-state index contributed by atoms with van der Waals surface area (Å²) in [5.41, 5.74) is 0.794. The number of hydrogen-bond acceptors (Lipinski definition) is 4. The molecule has 1 aromatic carbocycles. The molecule has 3 rings (SSSR count). The number of aromatic nitrogens is 3. The van der Waals surface area contributed by atoms with E-state index in [1.165, 1.54) is 15.9 Å². The first-order valence-electron chi connectivity index (χ1n) is 7.17. The molecule has 1 atom stereocenters. The Balaban J connectivity index is 1.83. The van der Waals surface area contributed by atoms with Gasteiger partial charge in [-0.25, -0.2) is 14.5 Å². The first-order chi connectivity index (χ1) is 10.7. The minimum Gasteiger partial charge on any atom is -0.480 e. The molecule has 0 bridgehead atoms. The van der Waals surface area contributed by atoms with Gasteiger partial charge in [-0.2, -0.15) is 0 Å². The van der Waals surface area contributed by atoms with Gasteiger partial charge in [0.05, 0.1) is 5.69 Å². The maximum absolute atomic E-state index is 12.5. The summed E-state index contributed by atoms with van der Waals surface area (Å²) in [6, 6.07) is 8.53. The highest BCUT2D eigenvalue weighted by molar-refractivity contribution is 5.93. The zero-order chi connectivity index (χ0) is 15.5. The Bertz CT molecular complexity index is 683. The van der Waals surface area contributed by atoms with Crippen LogP contribution in [0.25, 0.3) is 5.69 Å². The van der Waals surface area contributed by atoms with Crippen molar-refractivity contribution in [2.45, 2.75) is 25.3 Å². The number of carboxylic acid groups (broad SMARTS) is 1. The number of carbonyl (C=O) groups excluding carboxylic acids is 1. The van der Waals surface area contributed by atoms with Crippen LogP contribution >= 0.6 is 0 Å². The van der Waals surface area contributed by atoms with E-state index in [0.29, 0.717) is 13.0 Å². The topological polar surface area (TPSA) is 88.3 Å². The van der Waals surface area contributed by atoms with Gasteiger partial charge in [0, 0.05) is 6.54 Å². The van der Waals surface area contributed by atoms with E-state index in [1.54, 1.807) is 0 Å². The van der Waals surface area contributed by atoms with Crippen LogP contribution in [0.1, 0.15) is 29.9 Å². The van der Waals surface area contributed by atoms with Crippen LogP contribution in [0.3, 0.4) is 0 Å². The second-order valence-electron chi connectivity index (χ2n) is 5.20. The maximum atomic E-state index is 12.5. The normalized spacial score (nSPS) is 18.2. The summed E-state index contributed by atoms with van der Waals surface area (Å²) in [6.07, 6.45) is 3.55. The lowest BCUT2D eigenvalue weighted by Crippen LogP contribution is -2.48. The highest BCUT2D eigenvalue weighted by Crippen LogP contribution is 2.19. The van der Waals surface area contributed by atoms with Gasteiger partial charge >= 0.3 is 5.97 Å². The van der Waals surface area contributed by atoms with Gasteiger partial charge in [0.25, 0.3) is 5.91 Å². The fourth-order valence-corrected chi connectivity index (χ4v) is 2.63. The average molecular weight is 300 g/mol. The highest BCUT2D eigenvalue weighted by atomic mass is 16.4. The summed E-state index contributed by atoms with van der Waals surface area (Å²) < 4.78 is 1.51. The number of rotatable bonds is 3. The van der Waals surface area contributed by atoms with Crippen LogP contribution in [0.5, 0.6) is 0 Å². The Morgan fingerprint density at radius 2 is 1.95 bits per heavy atom. The maximum Gasteiger partial charge on any atom is 0.326 e. The van der Waals surface area contributed by atoms with Crippen molar-refractivity contribution in [3.05, 3.63) is 42.5 Å². The summed E-state index contributed by atoms with van der Waals surface area (Å²) in [4.78, 5) is 29.2. The largest absolute Gasteiger partial charge is 0.480 e. The van der Waals surface area contributed by atoms with Crippen molar-refractivity contribution in [1.29, 1.82) is 0 Å². The minimum absolute atomic E-state index is 0.0250. The van der Waals surface area contributed by atoms with Crippen molar-refractivity contribution < 1.29 is 14.7 Å². The second kappa shape index (κ2) is 5.97. The number of para-hydroxylation sites is 1. The molecule has 2 aromatic rings. The van der Waals surface area contributed by atoms with Crippen LogP contribution in [-0.2, 0) is 4.79 Å². The molecule has 1 saturated heterocycles. The molecule has 1 amide bonds. The van der Waals surface area contributed by atoms with Crippen molar-refractivity contribution >= 4 is 11.9 Å². The van der Waals surface area contributed by atoms with Crippen LogP contribution in [0.15, 0.2) is 36.7 Å². The molecule has 2 heterocycles. The van der Waals surface area contributed by atoms with E-state index in [1.807, 2.05) is 30.3 Å². The zero-order valence-electron chi connectivity index (χ0n) is 11.9. The Morgan fingerprint density at radius 1 is 1.18 bits per heavy atom. The summed E-state index contributed by atoms with van der Waals surface area (Å²) in [6.45, 7) is 0.426. The van der Waals surface area contributed by atoms with Crippen molar-refractivity contribution in [3.63, 3.8) is 0 Å². The molecular weight excluding hydrogens is 284 g/mol. The van der Waals surface area contributed by atoms with E-state index in [9.17, 15) is 14.7 Å². The van der Waals surface area contributed by atoms with Crippen LogP contribution in [0, 0.1) is 0 Å². The number of piperidine rings is 1. The number of carboxylic acids is 1. The molecule has 7 nitrogen and oxygen atoms in total. The third-order valence-electron chi connectivity index (χ3n) is 3.75. The first-order valence-corrected chi connectivity index (χ1v) is 7.17. The average Bonchev–Trinajstić information content (AvgIpc) is 3.05. The van der Waals surface area contributed by atoms with Crippen molar-refractivity contribution in [1.82, 2.24) is 19.7 Å². The molecular formula is C15H16N4O3. The number of amides is 1. The third-order valence-corrected chi connectivity index (χ3v) is 3.75. The van der Waals surface area contributed by atoms with Crippen molar-refractivity contribution in [3.8, 4) is 5.69 Å². The fourth-order valence-electron chi connectivity index (χ4n) is 2.63. The summed E-state index contributed by atoms with van der Waals surface area (Å²) in [7, 11) is 0. The van der Waals surface area contributed by atoms with Crippen molar-refractivity contribution in [2.75, 3.05) is 6.54 Å². The standard InChI is InChI=1S/C15H16N4O3/c20-14(18-9-5-4-8-12(18)15(21)22)13-16-10-19(17-13)11-6-2-1-3-7-11/h1-3,6-7,10,12H,4-5,8-9H2,(H,21,22). The number of hydrogen-bond donors (Lipinski definition) is 1. The Hall–Kier alpha value is -2.70. The van der Waals surface area contributed by atoms with Gasteiger partial charge in [0.1, 0.15) is 12.4 Å². The SMILES string of the molecule is O=C(O)C1CCCCN1C(=O)c1ncn(-c2ccccc2)n1. The molecule has 1 unspecified atom stereocenters. The smallest absolute Gasteiger partial charge is 0.326 e. The second-order valence-corrected chi connectivity index (χ2v) is 5.20. The molecule has 1 aliphatic rings. The Labute approximate surface area is 127 Å². The van der Waals surface area contributed by atoms with Crippen LogP contribution in [-0.4, -0.2) is 49.2 Å². The van der Waals surface area contributed by atoms with E-state index in [2.05, 4.69) is 10.1 Å². The van der Waals surface area contributed by atoms with E-state index < -0.39 is 17.9 Å². The van der Waals surface area contributed by atoms with Crippen LogP contribution in [0.2, 0.25) is 0 Å². The zero-order valence-corrected chi connectivity index (χ0v) is 11.9. The van der Waals surface area contributed by atoms with Gasteiger partial charge in [-0.05, 0) is 31.4 Å². The molecule has 0 saturated carbocycles. The number of carbonyl (C=O) groups is 2. The monoisotopic (exact) mass is 300 g/mol. The molecule has 0 spiro atoms. The van der Waals surface area contributed by atoms with E-state index in [0.717, 1.165) is 18.5 Å². The molecule has 0 aliphatic carbocycles. The molecule has 1 aromatic heterocycles. The minimum atomic E-state index is -0.976. The molecule has 22 heavy (non-hydrogen) atoms. The number of likely N-dealkylation sites (tertiary alicyclic amines) is 1. The first kappa shape index (κ1) is 14.2. The van der Waals surface area contributed by atoms with Gasteiger partial charge in [0.15, 0.2) is 0 Å². The molecule has 7 heteroatoms. The molecule has 114 valence electrons. The molecule has 1 aliphatic heterocycles. The predicted octanol–water partition coefficient (Wildman–Crippen LogP) is 1.35. The quantitative estimate of drug-likeness (QED) is 0.924. The fraction of sp³-hybridized carbons (Fsp3) is 0.333. The van der Waals surface area contributed by atoms with E-state index in [4.69, 9.17) is 0 Å². The van der Waals surface area contributed by atoms with Gasteiger partial charge in [-0.3, -0.25) is 4.79 Å². The van der Waals surface area contributed by atoms with Crippen LogP contribution < -0.4 is 0 Å². The molecule has 1 fully saturated rings. The van der Waals surface area contributed by atoms with Crippen molar-refractivity contribution in [2.24, 2.45) is 0 Å². The number of aliphatic carboxylic acids is 1. The van der Waals surface area contributed by atoms with Gasteiger partial charge in [-0.15, -0.1) is 5.10 Å².